The van der Waals surface area contributed by atoms with E-state index in [-0.39, 0.29) is 18.4 Å². The second-order valence-electron chi connectivity index (χ2n) is 1.78. The van der Waals surface area contributed by atoms with E-state index < -0.39 is 0 Å². The number of tetrazole rings is 1. The molecule has 1 rings (SSSR count). The van der Waals surface area contributed by atoms with Gasteiger partial charge < -0.3 is 5.73 Å². The summed E-state index contributed by atoms with van der Waals surface area (Å²) in [5.74, 6) is 2.87. The van der Waals surface area contributed by atoms with Gasteiger partial charge in [0.1, 0.15) is 0 Å². The normalized spacial score (nSPS) is 11.3. The number of terminal acetylenes is 1. The van der Waals surface area contributed by atoms with Gasteiger partial charge in [-0.15, -0.1) is 34.9 Å². The van der Waals surface area contributed by atoms with Crippen LogP contribution in [0, 0.1) is 12.3 Å². The quantitative estimate of drug-likeness (QED) is 0.599. The van der Waals surface area contributed by atoms with Gasteiger partial charge in [-0.2, -0.15) is 5.21 Å². The topological polar surface area (TPSA) is 80.5 Å². The Bertz CT molecular complexity index is 226. The number of aromatic nitrogens is 4. The van der Waals surface area contributed by atoms with Gasteiger partial charge in [0, 0.05) is 6.42 Å². The highest BCUT2D eigenvalue weighted by atomic mass is 35.5. The molecule has 6 heteroatoms. The fraction of sp³-hybridized carbons (Fsp3) is 0.400. The summed E-state index contributed by atoms with van der Waals surface area (Å²) in [5.41, 5.74) is 5.52. The number of rotatable bonds is 2. The molecule has 0 unspecified atom stereocenters. The van der Waals surface area contributed by atoms with E-state index in [1.807, 2.05) is 0 Å². The van der Waals surface area contributed by atoms with Crippen LogP contribution in [0.2, 0.25) is 0 Å². The molecule has 0 saturated carbocycles. The molecule has 11 heavy (non-hydrogen) atoms. The van der Waals surface area contributed by atoms with E-state index in [1.54, 1.807) is 0 Å². The fourth-order valence-corrected chi connectivity index (χ4v) is 0.545. The predicted octanol–water partition coefficient (Wildman–Crippen LogP) is -0.355. The summed E-state index contributed by atoms with van der Waals surface area (Å²) in [6.45, 7) is 0. The molecule has 3 N–H and O–H groups in total. The number of halogens is 1. The van der Waals surface area contributed by atoms with Crippen molar-refractivity contribution >= 4 is 12.4 Å². The smallest absolute Gasteiger partial charge is 0.192 e. The van der Waals surface area contributed by atoms with Crippen LogP contribution in [0.25, 0.3) is 0 Å². The molecule has 0 aliphatic carbocycles. The Labute approximate surface area is 70.2 Å². The minimum Gasteiger partial charge on any atom is -0.320 e. The van der Waals surface area contributed by atoms with Gasteiger partial charge in [-0.3, -0.25) is 0 Å². The summed E-state index contributed by atoms with van der Waals surface area (Å²) >= 11 is 0. The molecule has 0 aromatic carbocycles. The summed E-state index contributed by atoms with van der Waals surface area (Å²) in [6.07, 6.45) is 5.45. The maximum absolute atomic E-state index is 5.52. The molecule has 1 aromatic rings. The fourth-order valence-electron chi connectivity index (χ4n) is 0.545. The maximum Gasteiger partial charge on any atom is 0.192 e. The lowest BCUT2D eigenvalue weighted by molar-refractivity contribution is 0.694. The number of hydrogen-bond acceptors (Lipinski definition) is 4. The van der Waals surface area contributed by atoms with Gasteiger partial charge in [-0.1, -0.05) is 5.21 Å². The van der Waals surface area contributed by atoms with Crippen molar-refractivity contribution in [3.8, 4) is 12.3 Å². The van der Waals surface area contributed by atoms with E-state index in [1.165, 1.54) is 0 Å². The second-order valence-corrected chi connectivity index (χ2v) is 1.78. The van der Waals surface area contributed by atoms with Gasteiger partial charge in [0.2, 0.25) is 0 Å². The maximum atomic E-state index is 5.52. The van der Waals surface area contributed by atoms with Crippen LogP contribution < -0.4 is 5.73 Å². The van der Waals surface area contributed by atoms with E-state index in [4.69, 9.17) is 12.2 Å². The lowest BCUT2D eigenvalue weighted by atomic mass is 10.2. The number of nitrogens with one attached hydrogen (secondary N) is 1. The Morgan fingerprint density at radius 2 is 2.45 bits per heavy atom. The van der Waals surface area contributed by atoms with Crippen LogP contribution in [0.15, 0.2) is 0 Å². The minimum absolute atomic E-state index is 0. The van der Waals surface area contributed by atoms with Gasteiger partial charge in [0.25, 0.3) is 0 Å². The molecule has 5 nitrogen and oxygen atoms in total. The average molecular weight is 174 g/mol. The zero-order valence-corrected chi connectivity index (χ0v) is 6.51. The average Bonchev–Trinajstić information content (AvgIpc) is 2.38. The first kappa shape index (κ1) is 9.88. The first-order chi connectivity index (χ1) is 4.84. The lowest BCUT2D eigenvalue weighted by Gasteiger charge is -1.98. The number of aromatic amines is 1. The predicted molar refractivity (Wildman–Crippen MR) is 41.8 cm³/mol. The molecule has 1 aromatic heterocycles. The third-order valence-corrected chi connectivity index (χ3v) is 1.03. The number of hydrogen-bond donors (Lipinski definition) is 2. The molecule has 0 radical (unpaired) electrons. The van der Waals surface area contributed by atoms with Gasteiger partial charge in [-0.25, -0.2) is 0 Å². The molecule has 0 amide bonds. The Hall–Kier alpha value is -1.12. The van der Waals surface area contributed by atoms with Crippen LogP contribution in [0.5, 0.6) is 0 Å². The third-order valence-electron chi connectivity index (χ3n) is 1.03. The molecule has 60 valence electrons. The van der Waals surface area contributed by atoms with Crippen molar-refractivity contribution < 1.29 is 0 Å². The van der Waals surface area contributed by atoms with Crippen LogP contribution in [0.4, 0.5) is 0 Å². The van der Waals surface area contributed by atoms with Crippen molar-refractivity contribution in [2.45, 2.75) is 12.5 Å². The molecule has 0 saturated heterocycles. The molecular weight excluding hydrogens is 166 g/mol. The van der Waals surface area contributed by atoms with Gasteiger partial charge in [0.15, 0.2) is 5.82 Å². The highest BCUT2D eigenvalue weighted by Crippen LogP contribution is 2.03. The van der Waals surface area contributed by atoms with Crippen molar-refractivity contribution in [3.05, 3.63) is 5.82 Å². The highest BCUT2D eigenvalue weighted by molar-refractivity contribution is 5.85. The zero-order valence-electron chi connectivity index (χ0n) is 5.69. The first-order valence-electron chi connectivity index (χ1n) is 2.77. The molecular formula is C5H8ClN5. The summed E-state index contributed by atoms with van der Waals surface area (Å²) in [7, 11) is 0. The molecule has 0 aliphatic heterocycles. The molecule has 1 heterocycles. The zero-order chi connectivity index (χ0) is 7.40. The number of nitrogens with two attached hydrogens (primary N) is 1. The van der Waals surface area contributed by atoms with Gasteiger partial charge in [0.05, 0.1) is 6.04 Å². The monoisotopic (exact) mass is 173 g/mol. The highest BCUT2D eigenvalue weighted by Gasteiger charge is 2.07. The van der Waals surface area contributed by atoms with Crippen molar-refractivity contribution in [3.63, 3.8) is 0 Å². The number of H-pyrrole nitrogens is 1. The van der Waals surface area contributed by atoms with Crippen LogP contribution in [0.3, 0.4) is 0 Å². The molecule has 0 spiro atoms. The summed E-state index contributed by atoms with van der Waals surface area (Å²) < 4.78 is 0. The molecule has 1 atom stereocenters. The Morgan fingerprint density at radius 1 is 1.73 bits per heavy atom. The van der Waals surface area contributed by atoms with Gasteiger partial charge >= 0.3 is 0 Å². The molecule has 0 fully saturated rings. The van der Waals surface area contributed by atoms with Crippen LogP contribution in [-0.4, -0.2) is 20.6 Å². The summed E-state index contributed by atoms with van der Waals surface area (Å²) in [6, 6.07) is -0.302. The van der Waals surface area contributed by atoms with Crippen molar-refractivity contribution in [2.24, 2.45) is 5.73 Å². The van der Waals surface area contributed by atoms with Crippen LogP contribution in [-0.2, 0) is 0 Å². The van der Waals surface area contributed by atoms with Gasteiger partial charge in [-0.05, 0) is 0 Å². The van der Waals surface area contributed by atoms with Crippen molar-refractivity contribution in [1.82, 2.24) is 20.6 Å². The van der Waals surface area contributed by atoms with Crippen molar-refractivity contribution in [2.75, 3.05) is 0 Å². The number of nitrogens with zero attached hydrogens (tertiary/aromatic N) is 3. The van der Waals surface area contributed by atoms with Crippen molar-refractivity contribution in [1.29, 1.82) is 0 Å². The van der Waals surface area contributed by atoms with Crippen LogP contribution >= 0.6 is 12.4 Å². The Balaban J connectivity index is 0.000001000. The first-order valence-corrected chi connectivity index (χ1v) is 2.77. The van der Waals surface area contributed by atoms with E-state index in [9.17, 15) is 0 Å². The summed E-state index contributed by atoms with van der Waals surface area (Å²) in [5, 5.41) is 13.0. The summed E-state index contributed by atoms with van der Waals surface area (Å²) in [4.78, 5) is 0. The second kappa shape index (κ2) is 4.66. The third kappa shape index (κ3) is 2.53. The van der Waals surface area contributed by atoms with Crippen LogP contribution in [0.1, 0.15) is 18.3 Å². The minimum atomic E-state index is -0.302. The Kier molecular flexibility index (Phi) is 4.18. The van der Waals surface area contributed by atoms with E-state index in [2.05, 4.69) is 26.5 Å². The largest absolute Gasteiger partial charge is 0.320 e. The Morgan fingerprint density at radius 3 is 2.91 bits per heavy atom. The SMILES string of the molecule is C#CC[C@@H](N)c1nn[nH]n1.Cl. The lowest BCUT2D eigenvalue weighted by Crippen LogP contribution is -2.11. The van der Waals surface area contributed by atoms with E-state index in [0.29, 0.717) is 12.2 Å². The molecule has 0 aliphatic rings. The molecule has 0 bridgehead atoms. The van der Waals surface area contributed by atoms with E-state index >= 15 is 0 Å². The van der Waals surface area contributed by atoms with E-state index in [0.717, 1.165) is 0 Å². The standard InChI is InChI=1S/C5H7N5.ClH/c1-2-3-4(6)5-7-9-10-8-5;/h1,4H,3,6H2,(H,7,8,9,10);1H/t4-;/m1./s1.